The molecule has 0 aliphatic heterocycles. The van der Waals surface area contributed by atoms with Gasteiger partial charge >= 0.3 is 0 Å². The van der Waals surface area contributed by atoms with Gasteiger partial charge in [-0.1, -0.05) is 20.8 Å². The summed E-state index contributed by atoms with van der Waals surface area (Å²) in [5, 5.41) is 3.98. The van der Waals surface area contributed by atoms with Gasteiger partial charge in [-0.15, -0.1) is 0 Å². The van der Waals surface area contributed by atoms with Crippen molar-refractivity contribution >= 4 is 5.91 Å². The molecule has 0 bridgehead atoms. The van der Waals surface area contributed by atoms with E-state index < -0.39 is 0 Å². The van der Waals surface area contributed by atoms with Crippen LogP contribution in [-0.4, -0.2) is 15.7 Å². The van der Waals surface area contributed by atoms with Crippen LogP contribution in [0.2, 0.25) is 0 Å². The van der Waals surface area contributed by atoms with Crippen molar-refractivity contribution in [3.63, 3.8) is 0 Å². The molecule has 0 fully saturated rings. The minimum absolute atomic E-state index is 0.00889. The molecule has 0 aliphatic rings. The molecule has 1 aromatic heterocycles. The topological polar surface area (TPSA) is 34.9 Å². The molecule has 0 aliphatic carbocycles. The van der Waals surface area contributed by atoms with E-state index in [1.54, 1.807) is 12.4 Å². The standard InChI is InChI=1S/C9H14N2O/c1-4-8-5-10-11(6-8)9(12)7(2)3/h5-7H,4H2,1-3H3. The van der Waals surface area contributed by atoms with Crippen LogP contribution in [0, 0.1) is 5.92 Å². The Morgan fingerprint density at radius 1 is 1.67 bits per heavy atom. The van der Waals surface area contributed by atoms with Crippen molar-refractivity contribution in [2.24, 2.45) is 5.92 Å². The van der Waals surface area contributed by atoms with Crippen molar-refractivity contribution in [2.45, 2.75) is 27.2 Å². The molecule has 0 saturated carbocycles. The van der Waals surface area contributed by atoms with Crippen LogP contribution < -0.4 is 0 Å². The third-order valence-corrected chi connectivity index (χ3v) is 1.76. The minimum Gasteiger partial charge on any atom is -0.272 e. The summed E-state index contributed by atoms with van der Waals surface area (Å²) in [6.45, 7) is 5.78. The predicted molar refractivity (Wildman–Crippen MR) is 47.1 cm³/mol. The number of carbonyl (C=O) groups is 1. The highest BCUT2D eigenvalue weighted by Gasteiger charge is 2.10. The van der Waals surface area contributed by atoms with Crippen molar-refractivity contribution in [2.75, 3.05) is 0 Å². The summed E-state index contributed by atoms with van der Waals surface area (Å²) in [5.74, 6) is 0.0595. The molecule has 0 amide bonds. The first kappa shape index (κ1) is 8.97. The number of hydrogen-bond acceptors (Lipinski definition) is 2. The normalized spacial score (nSPS) is 10.7. The van der Waals surface area contributed by atoms with Crippen LogP contribution in [0.3, 0.4) is 0 Å². The lowest BCUT2D eigenvalue weighted by atomic mass is 10.2. The lowest BCUT2D eigenvalue weighted by molar-refractivity contribution is 0.0838. The molecule has 12 heavy (non-hydrogen) atoms. The Labute approximate surface area is 72.4 Å². The Bertz CT molecular complexity index is 276. The van der Waals surface area contributed by atoms with E-state index in [-0.39, 0.29) is 11.8 Å². The van der Waals surface area contributed by atoms with Gasteiger partial charge in [0.1, 0.15) is 0 Å². The monoisotopic (exact) mass is 166 g/mol. The van der Waals surface area contributed by atoms with Crippen LogP contribution in [0.4, 0.5) is 0 Å². The molecule has 1 rings (SSSR count). The maximum absolute atomic E-state index is 11.4. The fourth-order valence-electron chi connectivity index (χ4n) is 0.928. The van der Waals surface area contributed by atoms with Crippen LogP contribution in [0.1, 0.15) is 31.1 Å². The second kappa shape index (κ2) is 3.52. The second-order valence-corrected chi connectivity index (χ2v) is 3.14. The van der Waals surface area contributed by atoms with E-state index in [9.17, 15) is 4.79 Å². The molecule has 1 heterocycles. The van der Waals surface area contributed by atoms with Gasteiger partial charge in [0, 0.05) is 12.1 Å². The van der Waals surface area contributed by atoms with E-state index in [0.29, 0.717) is 0 Å². The predicted octanol–water partition coefficient (Wildman–Crippen LogP) is 1.74. The average molecular weight is 166 g/mol. The van der Waals surface area contributed by atoms with Crippen LogP contribution in [0.5, 0.6) is 0 Å². The lowest BCUT2D eigenvalue weighted by Crippen LogP contribution is -2.17. The number of carbonyl (C=O) groups excluding carboxylic acids is 1. The number of aromatic nitrogens is 2. The number of hydrogen-bond donors (Lipinski definition) is 0. The van der Waals surface area contributed by atoms with Gasteiger partial charge in [0.25, 0.3) is 0 Å². The molecule has 0 radical (unpaired) electrons. The summed E-state index contributed by atoms with van der Waals surface area (Å²) in [4.78, 5) is 11.4. The molecule has 0 spiro atoms. The molecule has 0 atom stereocenters. The number of aryl methyl sites for hydroxylation is 1. The van der Waals surface area contributed by atoms with Gasteiger partial charge in [0.15, 0.2) is 0 Å². The average Bonchev–Trinajstić information content (AvgIpc) is 2.50. The molecule has 0 saturated heterocycles. The lowest BCUT2D eigenvalue weighted by Gasteiger charge is -2.01. The Hall–Kier alpha value is -1.12. The molecular weight excluding hydrogens is 152 g/mol. The van der Waals surface area contributed by atoms with Crippen LogP contribution in [-0.2, 0) is 6.42 Å². The maximum Gasteiger partial charge on any atom is 0.249 e. The van der Waals surface area contributed by atoms with E-state index in [1.807, 2.05) is 20.8 Å². The molecule has 66 valence electrons. The minimum atomic E-state index is 0.00889. The van der Waals surface area contributed by atoms with E-state index in [1.165, 1.54) is 4.68 Å². The zero-order chi connectivity index (χ0) is 9.14. The van der Waals surface area contributed by atoms with Crippen molar-refractivity contribution in [1.29, 1.82) is 0 Å². The molecule has 1 aromatic rings. The van der Waals surface area contributed by atoms with Crippen molar-refractivity contribution in [1.82, 2.24) is 9.78 Å². The maximum atomic E-state index is 11.4. The molecule has 3 heteroatoms. The highest BCUT2D eigenvalue weighted by Crippen LogP contribution is 2.02. The zero-order valence-electron chi connectivity index (χ0n) is 7.74. The third-order valence-electron chi connectivity index (χ3n) is 1.76. The molecule has 0 N–H and O–H groups in total. The Morgan fingerprint density at radius 2 is 2.33 bits per heavy atom. The number of nitrogens with zero attached hydrogens (tertiary/aromatic N) is 2. The fraction of sp³-hybridized carbons (Fsp3) is 0.556. The van der Waals surface area contributed by atoms with Gasteiger partial charge in [-0.05, 0) is 12.0 Å². The van der Waals surface area contributed by atoms with Gasteiger partial charge < -0.3 is 0 Å². The summed E-state index contributed by atoms with van der Waals surface area (Å²) >= 11 is 0. The Kier molecular flexibility index (Phi) is 2.63. The zero-order valence-corrected chi connectivity index (χ0v) is 7.74. The SMILES string of the molecule is CCc1cnn(C(=O)C(C)C)c1. The van der Waals surface area contributed by atoms with Crippen LogP contribution >= 0.6 is 0 Å². The van der Waals surface area contributed by atoms with E-state index in [0.717, 1.165) is 12.0 Å². The van der Waals surface area contributed by atoms with Gasteiger partial charge in [0.05, 0.1) is 6.20 Å². The summed E-state index contributed by atoms with van der Waals surface area (Å²) in [6, 6.07) is 0. The van der Waals surface area contributed by atoms with E-state index in [2.05, 4.69) is 5.10 Å². The van der Waals surface area contributed by atoms with Crippen molar-refractivity contribution in [3.05, 3.63) is 18.0 Å². The van der Waals surface area contributed by atoms with Gasteiger partial charge in [-0.2, -0.15) is 5.10 Å². The van der Waals surface area contributed by atoms with Gasteiger partial charge in [0.2, 0.25) is 5.91 Å². The first-order chi connectivity index (χ1) is 5.65. The van der Waals surface area contributed by atoms with E-state index >= 15 is 0 Å². The van der Waals surface area contributed by atoms with Gasteiger partial charge in [-0.3, -0.25) is 4.79 Å². The van der Waals surface area contributed by atoms with Crippen molar-refractivity contribution < 1.29 is 4.79 Å². The van der Waals surface area contributed by atoms with Crippen LogP contribution in [0.15, 0.2) is 12.4 Å². The first-order valence-corrected chi connectivity index (χ1v) is 4.23. The smallest absolute Gasteiger partial charge is 0.249 e. The summed E-state index contributed by atoms with van der Waals surface area (Å²) < 4.78 is 1.42. The van der Waals surface area contributed by atoms with Crippen LogP contribution in [0.25, 0.3) is 0 Å². The van der Waals surface area contributed by atoms with Crippen molar-refractivity contribution in [3.8, 4) is 0 Å². The highest BCUT2D eigenvalue weighted by molar-refractivity contribution is 5.79. The first-order valence-electron chi connectivity index (χ1n) is 4.23. The van der Waals surface area contributed by atoms with Gasteiger partial charge in [-0.25, -0.2) is 4.68 Å². The second-order valence-electron chi connectivity index (χ2n) is 3.14. The quantitative estimate of drug-likeness (QED) is 0.670. The Morgan fingerprint density at radius 3 is 2.75 bits per heavy atom. The molecule has 0 unspecified atom stereocenters. The summed E-state index contributed by atoms with van der Waals surface area (Å²) in [6.07, 6.45) is 4.45. The fourth-order valence-corrected chi connectivity index (χ4v) is 0.928. The largest absolute Gasteiger partial charge is 0.272 e. The Balaban J connectivity index is 2.82. The summed E-state index contributed by atoms with van der Waals surface area (Å²) in [5.41, 5.74) is 1.10. The third kappa shape index (κ3) is 1.72. The molecular formula is C9H14N2O. The summed E-state index contributed by atoms with van der Waals surface area (Å²) in [7, 11) is 0. The highest BCUT2D eigenvalue weighted by atomic mass is 16.2. The molecule has 3 nitrogen and oxygen atoms in total. The molecule has 0 aromatic carbocycles. The van der Waals surface area contributed by atoms with E-state index in [4.69, 9.17) is 0 Å². The number of rotatable bonds is 2.